The molecule has 2 aromatic carbocycles. The number of halogens is 6. The summed E-state index contributed by atoms with van der Waals surface area (Å²) in [7, 11) is 0. The molecule has 5 rings (SSSR count). The summed E-state index contributed by atoms with van der Waals surface area (Å²) in [5.74, 6) is -15.8. The van der Waals surface area contributed by atoms with Crippen molar-refractivity contribution < 1.29 is 26.3 Å². The summed E-state index contributed by atoms with van der Waals surface area (Å²) in [5.41, 5.74) is -2.12. The zero-order valence-corrected chi connectivity index (χ0v) is 24.7. The molecule has 4 aromatic rings. The van der Waals surface area contributed by atoms with Gasteiger partial charge in [0.05, 0.1) is 0 Å². The van der Waals surface area contributed by atoms with Gasteiger partial charge in [0.25, 0.3) is 0 Å². The van der Waals surface area contributed by atoms with Crippen LogP contribution in [0, 0.1) is 13.8 Å². The van der Waals surface area contributed by atoms with E-state index in [1.807, 2.05) is 53.7 Å². The molecule has 2 heterocycles. The minimum atomic E-state index is -5.60. The molecule has 0 radical (unpaired) electrons. The van der Waals surface area contributed by atoms with Crippen LogP contribution in [0.1, 0.15) is 73.6 Å². The summed E-state index contributed by atoms with van der Waals surface area (Å²) < 4.78 is 95.1. The number of alkyl halides is 6. The highest BCUT2D eigenvalue weighted by atomic mass is 32.1. The Bertz CT molecular complexity index is 1550. The van der Waals surface area contributed by atoms with Gasteiger partial charge in [0.1, 0.15) is 0 Å². The van der Waals surface area contributed by atoms with Crippen LogP contribution >= 0.6 is 22.7 Å². The molecule has 0 atom stereocenters. The van der Waals surface area contributed by atoms with Gasteiger partial charge in [-0.05, 0) is 60.1 Å². The van der Waals surface area contributed by atoms with Crippen molar-refractivity contribution in [3.05, 3.63) is 68.4 Å². The molecule has 8 heteroatoms. The first-order valence-electron chi connectivity index (χ1n) is 12.7. The van der Waals surface area contributed by atoms with E-state index < -0.39 is 28.9 Å². The summed E-state index contributed by atoms with van der Waals surface area (Å²) in [5, 5.41) is 0.580. The minimum absolute atomic E-state index is 0.219. The molecule has 0 saturated carbocycles. The van der Waals surface area contributed by atoms with Crippen molar-refractivity contribution in [2.45, 2.75) is 84.0 Å². The zero-order valence-electron chi connectivity index (χ0n) is 23.0. The number of hydrogen-bond donors (Lipinski definition) is 0. The molecule has 0 amide bonds. The fourth-order valence-electron chi connectivity index (χ4n) is 5.38. The topological polar surface area (TPSA) is 0 Å². The molecule has 0 aliphatic heterocycles. The minimum Gasteiger partial charge on any atom is -0.194 e. The average molecular weight is 581 g/mol. The Hall–Kier alpha value is -2.32. The molecule has 0 saturated heterocycles. The van der Waals surface area contributed by atoms with E-state index in [1.54, 1.807) is 24.3 Å². The van der Waals surface area contributed by atoms with Crippen LogP contribution in [0.5, 0.6) is 0 Å². The van der Waals surface area contributed by atoms with E-state index in [2.05, 4.69) is 0 Å². The largest absolute Gasteiger partial charge is 0.380 e. The predicted molar refractivity (Wildman–Crippen MR) is 152 cm³/mol. The molecule has 0 nitrogen and oxygen atoms in total. The lowest BCUT2D eigenvalue weighted by Gasteiger charge is -2.26. The third kappa shape index (κ3) is 3.91. The Labute approximate surface area is 232 Å². The first-order valence-corrected chi connectivity index (χ1v) is 14.3. The summed E-state index contributed by atoms with van der Waals surface area (Å²) in [4.78, 5) is 0.591. The lowest BCUT2D eigenvalue weighted by molar-refractivity contribution is -0.254. The van der Waals surface area contributed by atoms with E-state index in [0.717, 1.165) is 33.8 Å². The van der Waals surface area contributed by atoms with Gasteiger partial charge in [0, 0.05) is 52.2 Å². The predicted octanol–water partition coefficient (Wildman–Crippen LogP) is 11.2. The van der Waals surface area contributed by atoms with Gasteiger partial charge in [0.2, 0.25) is 0 Å². The van der Waals surface area contributed by atoms with Crippen LogP contribution in [0.15, 0.2) is 36.4 Å². The maximum Gasteiger partial charge on any atom is 0.380 e. The smallest absolute Gasteiger partial charge is 0.194 e. The normalized spacial score (nSPS) is 19.0. The Morgan fingerprint density at radius 3 is 1.21 bits per heavy atom. The molecule has 0 fully saturated rings. The van der Waals surface area contributed by atoms with Crippen molar-refractivity contribution in [3.63, 3.8) is 0 Å². The summed E-state index contributed by atoms with van der Waals surface area (Å²) in [6.45, 7) is 14.7. The van der Waals surface area contributed by atoms with Crippen molar-refractivity contribution >= 4 is 54.0 Å². The van der Waals surface area contributed by atoms with Crippen molar-refractivity contribution in [2.24, 2.45) is 0 Å². The monoisotopic (exact) mass is 580 g/mol. The SMILES string of the molecule is Cc1sc2ccc(C(C)(C)C)cc2c1C1=C(c2c(C)sc3ccc(C(C)(C)C)cc23)C(F)(F)C(F)(F)C1(F)F. The van der Waals surface area contributed by atoms with E-state index in [1.165, 1.54) is 13.8 Å². The van der Waals surface area contributed by atoms with Crippen LogP contribution < -0.4 is 0 Å². The second kappa shape index (κ2) is 8.35. The molecule has 0 bridgehead atoms. The van der Waals surface area contributed by atoms with Crippen LogP contribution in [0.25, 0.3) is 31.3 Å². The first kappa shape index (κ1) is 28.2. The van der Waals surface area contributed by atoms with Gasteiger partial charge >= 0.3 is 17.8 Å². The summed E-state index contributed by atoms with van der Waals surface area (Å²) in [6, 6.07) is 10.6. The second-order valence-electron chi connectivity index (χ2n) is 12.5. The molecule has 1 aliphatic carbocycles. The number of hydrogen-bond acceptors (Lipinski definition) is 2. The van der Waals surface area contributed by atoms with E-state index in [4.69, 9.17) is 0 Å². The lowest BCUT2D eigenvalue weighted by atomic mass is 9.84. The summed E-state index contributed by atoms with van der Waals surface area (Å²) in [6.07, 6.45) is 0. The van der Waals surface area contributed by atoms with Crippen LogP contribution in [-0.4, -0.2) is 17.8 Å². The fraction of sp³-hybridized carbons (Fsp3) is 0.419. The zero-order chi connectivity index (χ0) is 29.1. The van der Waals surface area contributed by atoms with Crippen LogP contribution in [0.3, 0.4) is 0 Å². The Kier molecular flexibility index (Phi) is 6.04. The maximum absolute atomic E-state index is 15.9. The lowest BCUT2D eigenvalue weighted by Crippen LogP contribution is -2.49. The van der Waals surface area contributed by atoms with Gasteiger partial charge in [0.15, 0.2) is 0 Å². The molecule has 0 unspecified atom stereocenters. The number of fused-ring (bicyclic) bond motifs is 2. The van der Waals surface area contributed by atoms with Gasteiger partial charge in [-0.2, -0.15) is 26.3 Å². The number of benzene rings is 2. The van der Waals surface area contributed by atoms with Gasteiger partial charge in [-0.15, -0.1) is 22.7 Å². The highest BCUT2D eigenvalue weighted by Crippen LogP contribution is 2.67. The highest BCUT2D eigenvalue weighted by Gasteiger charge is 2.80. The van der Waals surface area contributed by atoms with E-state index >= 15 is 26.3 Å². The van der Waals surface area contributed by atoms with Gasteiger partial charge in [-0.3, -0.25) is 0 Å². The maximum atomic E-state index is 15.9. The Morgan fingerprint density at radius 1 is 0.564 bits per heavy atom. The molecule has 1 aliphatic rings. The van der Waals surface area contributed by atoms with E-state index in [9.17, 15) is 0 Å². The molecule has 2 aromatic heterocycles. The van der Waals surface area contributed by atoms with E-state index in [0.29, 0.717) is 19.2 Å². The molecular weight excluding hydrogens is 550 g/mol. The first-order chi connectivity index (χ1) is 17.7. The van der Waals surface area contributed by atoms with Gasteiger partial charge < -0.3 is 0 Å². The second-order valence-corrected chi connectivity index (χ2v) is 15.0. The van der Waals surface area contributed by atoms with Crippen molar-refractivity contribution in [2.75, 3.05) is 0 Å². The van der Waals surface area contributed by atoms with Crippen molar-refractivity contribution in [3.8, 4) is 0 Å². The van der Waals surface area contributed by atoms with Crippen molar-refractivity contribution in [1.82, 2.24) is 0 Å². The third-order valence-electron chi connectivity index (χ3n) is 7.63. The number of thiophene rings is 2. The number of rotatable bonds is 2. The van der Waals surface area contributed by atoms with Crippen LogP contribution in [0.4, 0.5) is 26.3 Å². The highest BCUT2D eigenvalue weighted by molar-refractivity contribution is 7.19. The van der Waals surface area contributed by atoms with Crippen LogP contribution in [0.2, 0.25) is 0 Å². The third-order valence-corrected chi connectivity index (χ3v) is 9.80. The fourth-order valence-corrected chi connectivity index (χ4v) is 7.49. The molecular formula is C31H30F6S2. The number of aryl methyl sites for hydroxylation is 2. The Balaban J connectivity index is 1.97. The molecule has 208 valence electrons. The quantitative estimate of drug-likeness (QED) is 0.207. The van der Waals surface area contributed by atoms with Crippen LogP contribution in [-0.2, 0) is 10.8 Å². The molecule has 0 N–H and O–H groups in total. The summed E-state index contributed by atoms with van der Waals surface area (Å²) >= 11 is 2.29. The molecule has 0 spiro atoms. The Morgan fingerprint density at radius 2 is 0.897 bits per heavy atom. The van der Waals surface area contributed by atoms with Gasteiger partial charge in [-0.25, -0.2) is 0 Å². The standard InChI is InChI=1S/C31H30F6S2/c1-15-23(19-13-17(27(3,4)5)9-11-21(19)38-15)25-26(30(34,35)31(36,37)29(25,32)33)24-16(2)39-22-12-10-18(14-20(22)24)28(6,7)8/h9-14H,1-8H3. The van der Waals surface area contributed by atoms with Crippen molar-refractivity contribution in [1.29, 1.82) is 0 Å². The average Bonchev–Trinajstić information content (AvgIpc) is 3.32. The van der Waals surface area contributed by atoms with Gasteiger partial charge in [-0.1, -0.05) is 53.7 Å². The van der Waals surface area contributed by atoms with E-state index in [-0.39, 0.29) is 32.7 Å². The number of allylic oxidation sites excluding steroid dienone is 2. The molecule has 39 heavy (non-hydrogen) atoms.